The molecule has 0 saturated heterocycles. The highest BCUT2D eigenvalue weighted by molar-refractivity contribution is 5.18. The van der Waals surface area contributed by atoms with Crippen LogP contribution in [0.4, 0.5) is 0 Å². The second-order valence-electron chi connectivity index (χ2n) is 6.17. The molecule has 2 nitrogen and oxygen atoms in total. The van der Waals surface area contributed by atoms with Gasteiger partial charge < -0.3 is 5.73 Å². The van der Waals surface area contributed by atoms with Gasteiger partial charge in [0.15, 0.2) is 0 Å². The van der Waals surface area contributed by atoms with Crippen LogP contribution in [0.1, 0.15) is 46.1 Å². The first-order chi connectivity index (χ1) is 8.91. The molecule has 0 bridgehead atoms. The molecule has 1 unspecified atom stereocenters. The maximum absolute atomic E-state index is 6.18. The van der Waals surface area contributed by atoms with Crippen LogP contribution in [0.25, 0.3) is 0 Å². The third kappa shape index (κ3) is 3.58. The molecule has 1 atom stereocenters. The average molecular weight is 262 g/mol. The highest BCUT2D eigenvalue weighted by Gasteiger charge is 2.38. The molecule has 108 valence electrons. The van der Waals surface area contributed by atoms with E-state index in [4.69, 9.17) is 5.73 Å². The quantitative estimate of drug-likeness (QED) is 0.815. The van der Waals surface area contributed by atoms with Gasteiger partial charge in [-0.1, -0.05) is 44.2 Å². The zero-order valence-electron chi connectivity index (χ0n) is 13.2. The molecule has 2 N–H and O–H groups in total. The first-order valence-electron chi connectivity index (χ1n) is 7.40. The molecule has 0 aliphatic rings. The fourth-order valence-corrected chi connectivity index (χ4v) is 2.69. The molecule has 19 heavy (non-hydrogen) atoms. The van der Waals surface area contributed by atoms with Gasteiger partial charge >= 0.3 is 0 Å². The Kier molecular flexibility index (Phi) is 5.57. The number of hydrogen-bond donors (Lipinski definition) is 1. The van der Waals surface area contributed by atoms with Gasteiger partial charge in [0.2, 0.25) is 0 Å². The lowest BCUT2D eigenvalue weighted by Crippen LogP contribution is -2.60. The maximum atomic E-state index is 6.18. The molecular formula is C17H30N2. The molecule has 0 radical (unpaired) electrons. The minimum absolute atomic E-state index is 0.0425. The summed E-state index contributed by atoms with van der Waals surface area (Å²) in [6, 6.07) is 10.7. The lowest BCUT2D eigenvalue weighted by atomic mass is 9.82. The summed E-state index contributed by atoms with van der Waals surface area (Å²) in [5, 5.41) is 0. The highest BCUT2D eigenvalue weighted by Crippen LogP contribution is 2.31. The van der Waals surface area contributed by atoms with Gasteiger partial charge in [0.05, 0.1) is 0 Å². The van der Waals surface area contributed by atoms with Gasteiger partial charge in [-0.05, 0) is 45.7 Å². The van der Waals surface area contributed by atoms with Gasteiger partial charge in [0.1, 0.15) is 0 Å². The Morgan fingerprint density at radius 2 is 1.63 bits per heavy atom. The number of nitrogens with two attached hydrogens (primary N) is 1. The molecule has 1 aromatic carbocycles. The van der Waals surface area contributed by atoms with Crippen LogP contribution in [0, 0.1) is 0 Å². The second kappa shape index (κ2) is 6.53. The van der Waals surface area contributed by atoms with Gasteiger partial charge in [0, 0.05) is 17.6 Å². The van der Waals surface area contributed by atoms with Gasteiger partial charge in [-0.15, -0.1) is 0 Å². The smallest absolute Gasteiger partial charge is 0.0371 e. The first-order valence-corrected chi connectivity index (χ1v) is 7.40. The minimum atomic E-state index is 0.0425. The average Bonchev–Trinajstić information content (AvgIpc) is 2.45. The molecule has 1 aromatic rings. The Bertz CT molecular complexity index is 366. The molecule has 0 heterocycles. The third-order valence-corrected chi connectivity index (χ3v) is 4.90. The van der Waals surface area contributed by atoms with E-state index in [1.807, 2.05) is 0 Å². The van der Waals surface area contributed by atoms with Crippen molar-refractivity contribution >= 4 is 0 Å². The van der Waals surface area contributed by atoms with Crippen LogP contribution < -0.4 is 5.73 Å². The van der Waals surface area contributed by atoms with Crippen LogP contribution in [0.5, 0.6) is 0 Å². The van der Waals surface area contributed by atoms with Crippen molar-refractivity contribution in [3.05, 3.63) is 35.9 Å². The predicted molar refractivity (Wildman–Crippen MR) is 84.4 cm³/mol. The molecule has 0 saturated carbocycles. The Morgan fingerprint density at radius 1 is 1.05 bits per heavy atom. The second-order valence-corrected chi connectivity index (χ2v) is 6.17. The standard InChI is InChI=1S/C17H30N2/c1-6-16(3,4)19(5)17(7-2,14-18)13-15-11-9-8-10-12-15/h8-12H,6-7,13-14,18H2,1-5H3. The SMILES string of the molecule is CCC(C)(C)N(C)C(CC)(CN)Cc1ccccc1. The van der Waals surface area contributed by atoms with Gasteiger partial charge in [0.25, 0.3) is 0 Å². The third-order valence-electron chi connectivity index (χ3n) is 4.90. The van der Waals surface area contributed by atoms with Crippen LogP contribution in [-0.4, -0.2) is 29.6 Å². The Hall–Kier alpha value is -0.860. The summed E-state index contributed by atoms with van der Waals surface area (Å²) in [5.41, 5.74) is 7.76. The Morgan fingerprint density at radius 3 is 2.05 bits per heavy atom. The molecule has 0 aromatic heterocycles. The van der Waals surface area contributed by atoms with E-state index in [0.717, 1.165) is 19.3 Å². The van der Waals surface area contributed by atoms with Crippen molar-refractivity contribution in [1.82, 2.24) is 4.90 Å². The molecule has 0 amide bonds. The van der Waals surface area contributed by atoms with Crippen molar-refractivity contribution in [2.24, 2.45) is 5.73 Å². The Balaban J connectivity index is 3.03. The molecular weight excluding hydrogens is 232 g/mol. The summed E-state index contributed by atoms with van der Waals surface area (Å²) in [7, 11) is 2.22. The zero-order valence-corrected chi connectivity index (χ0v) is 13.2. The van der Waals surface area contributed by atoms with Crippen LogP contribution in [0.15, 0.2) is 30.3 Å². The minimum Gasteiger partial charge on any atom is -0.329 e. The maximum Gasteiger partial charge on any atom is 0.0371 e. The fourth-order valence-electron chi connectivity index (χ4n) is 2.69. The van der Waals surface area contributed by atoms with E-state index in [9.17, 15) is 0 Å². The number of likely N-dealkylation sites (N-methyl/N-ethyl adjacent to an activating group) is 1. The van der Waals surface area contributed by atoms with E-state index in [0.29, 0.717) is 6.54 Å². The van der Waals surface area contributed by atoms with Crippen LogP contribution >= 0.6 is 0 Å². The molecule has 0 aliphatic heterocycles. The summed E-state index contributed by atoms with van der Waals surface area (Å²) < 4.78 is 0. The largest absolute Gasteiger partial charge is 0.329 e. The molecule has 0 fully saturated rings. The molecule has 0 spiro atoms. The lowest BCUT2D eigenvalue weighted by Gasteiger charge is -2.49. The van der Waals surface area contributed by atoms with E-state index in [2.05, 4.69) is 70.0 Å². The zero-order chi connectivity index (χ0) is 14.5. The summed E-state index contributed by atoms with van der Waals surface area (Å²) >= 11 is 0. The van der Waals surface area contributed by atoms with E-state index < -0.39 is 0 Å². The number of rotatable bonds is 7. The molecule has 2 heteroatoms. The Labute approximate surface area is 119 Å². The monoisotopic (exact) mass is 262 g/mol. The molecule has 1 rings (SSSR count). The van der Waals surface area contributed by atoms with Crippen LogP contribution in [0.2, 0.25) is 0 Å². The normalized spacial score (nSPS) is 15.5. The van der Waals surface area contributed by atoms with Crippen molar-refractivity contribution in [3.8, 4) is 0 Å². The number of hydrogen-bond acceptors (Lipinski definition) is 2. The first kappa shape index (κ1) is 16.2. The van der Waals surface area contributed by atoms with Crippen molar-refractivity contribution in [1.29, 1.82) is 0 Å². The molecule has 0 aliphatic carbocycles. The van der Waals surface area contributed by atoms with E-state index in [1.54, 1.807) is 0 Å². The van der Waals surface area contributed by atoms with E-state index in [1.165, 1.54) is 5.56 Å². The number of nitrogens with zero attached hydrogens (tertiary/aromatic N) is 1. The lowest BCUT2D eigenvalue weighted by molar-refractivity contribution is 0.0205. The summed E-state index contributed by atoms with van der Waals surface area (Å²) in [6.07, 6.45) is 3.21. The van der Waals surface area contributed by atoms with Gasteiger partial charge in [-0.2, -0.15) is 0 Å². The van der Waals surface area contributed by atoms with E-state index in [-0.39, 0.29) is 11.1 Å². The summed E-state index contributed by atoms with van der Waals surface area (Å²) in [6.45, 7) is 9.79. The van der Waals surface area contributed by atoms with Crippen molar-refractivity contribution in [2.45, 2.75) is 58.0 Å². The van der Waals surface area contributed by atoms with E-state index >= 15 is 0 Å². The fraction of sp³-hybridized carbons (Fsp3) is 0.647. The van der Waals surface area contributed by atoms with Gasteiger partial charge in [-0.3, -0.25) is 4.90 Å². The predicted octanol–water partition coefficient (Wildman–Crippen LogP) is 3.46. The van der Waals surface area contributed by atoms with Gasteiger partial charge in [-0.25, -0.2) is 0 Å². The topological polar surface area (TPSA) is 29.3 Å². The van der Waals surface area contributed by atoms with Crippen LogP contribution in [-0.2, 0) is 6.42 Å². The van der Waals surface area contributed by atoms with Crippen molar-refractivity contribution in [2.75, 3.05) is 13.6 Å². The summed E-state index contributed by atoms with van der Waals surface area (Å²) in [4.78, 5) is 2.49. The number of benzene rings is 1. The van der Waals surface area contributed by atoms with Crippen LogP contribution in [0.3, 0.4) is 0 Å². The van der Waals surface area contributed by atoms with Crippen molar-refractivity contribution < 1.29 is 0 Å². The highest BCUT2D eigenvalue weighted by atomic mass is 15.2. The van der Waals surface area contributed by atoms with Crippen molar-refractivity contribution in [3.63, 3.8) is 0 Å². The summed E-state index contributed by atoms with van der Waals surface area (Å²) in [5.74, 6) is 0.